The lowest BCUT2D eigenvalue weighted by atomic mass is 10.1. The smallest absolute Gasteiger partial charge is 0.335 e. The van der Waals surface area contributed by atoms with Gasteiger partial charge in [-0.25, -0.2) is 9.18 Å². The number of carbonyl (C=O) groups excluding carboxylic acids is 1. The van der Waals surface area contributed by atoms with Crippen LogP contribution >= 0.6 is 11.6 Å². The number of carbonyl (C=O) groups is 2. The number of nitrogens with one attached hydrogen (secondary N) is 2. The number of carboxylic acids is 1. The van der Waals surface area contributed by atoms with Gasteiger partial charge in [-0.2, -0.15) is 0 Å². The number of hydrogen-bond donors (Lipinski definition) is 3. The van der Waals surface area contributed by atoms with Crippen molar-refractivity contribution in [3.05, 3.63) is 34.1 Å². The highest BCUT2D eigenvalue weighted by Gasteiger charge is 2.22. The van der Waals surface area contributed by atoms with Gasteiger partial charge in [0, 0.05) is 12.1 Å². The van der Waals surface area contributed by atoms with Gasteiger partial charge in [-0.05, 0) is 31.5 Å². The minimum Gasteiger partial charge on any atom is -0.478 e. The normalized spacial score (nSPS) is 18.0. The van der Waals surface area contributed by atoms with E-state index in [1.165, 1.54) is 6.07 Å². The van der Waals surface area contributed by atoms with E-state index in [0.717, 1.165) is 25.5 Å². The third kappa shape index (κ3) is 3.26. The summed E-state index contributed by atoms with van der Waals surface area (Å²) in [5.74, 6) is -2.13. The number of amides is 1. The van der Waals surface area contributed by atoms with Gasteiger partial charge in [-0.1, -0.05) is 11.6 Å². The van der Waals surface area contributed by atoms with Crippen LogP contribution in [0, 0.1) is 5.82 Å². The van der Waals surface area contributed by atoms with Gasteiger partial charge in [0.2, 0.25) is 5.91 Å². The first kappa shape index (κ1) is 14.7. The molecule has 0 aromatic heterocycles. The van der Waals surface area contributed by atoms with E-state index in [1.807, 2.05) is 0 Å². The predicted molar refractivity (Wildman–Crippen MR) is 71.2 cm³/mol. The number of carboxylic acid groups (broad SMARTS) is 1. The van der Waals surface area contributed by atoms with Crippen LogP contribution in [0.2, 0.25) is 5.02 Å². The van der Waals surface area contributed by atoms with Gasteiger partial charge >= 0.3 is 5.97 Å². The minimum atomic E-state index is -1.20. The molecule has 0 radical (unpaired) electrons. The molecule has 7 heteroatoms. The van der Waals surface area contributed by atoms with Crippen molar-refractivity contribution in [1.82, 2.24) is 10.6 Å². The molecular weight excluding hydrogens is 287 g/mol. The average molecular weight is 301 g/mol. The van der Waals surface area contributed by atoms with Crippen molar-refractivity contribution < 1.29 is 19.1 Å². The second-order valence-electron chi connectivity index (χ2n) is 4.60. The van der Waals surface area contributed by atoms with Crippen molar-refractivity contribution in [3.63, 3.8) is 0 Å². The lowest BCUT2D eigenvalue weighted by Gasteiger charge is -2.12. The third-order valence-corrected chi connectivity index (χ3v) is 3.46. The topological polar surface area (TPSA) is 78.4 Å². The van der Waals surface area contributed by atoms with Crippen LogP contribution in [0.1, 0.15) is 28.8 Å². The van der Waals surface area contributed by atoms with Crippen molar-refractivity contribution in [2.75, 3.05) is 6.54 Å². The molecule has 1 atom stereocenters. The third-order valence-electron chi connectivity index (χ3n) is 3.18. The van der Waals surface area contributed by atoms with Crippen molar-refractivity contribution in [2.45, 2.75) is 25.4 Å². The Morgan fingerprint density at radius 2 is 2.25 bits per heavy atom. The molecule has 0 unspecified atom stereocenters. The van der Waals surface area contributed by atoms with Crippen molar-refractivity contribution >= 4 is 23.5 Å². The average Bonchev–Trinajstić information content (AvgIpc) is 2.93. The highest BCUT2D eigenvalue weighted by atomic mass is 35.5. The number of hydrogen-bond acceptors (Lipinski definition) is 3. The maximum Gasteiger partial charge on any atom is 0.335 e. The monoisotopic (exact) mass is 300 g/mol. The van der Waals surface area contributed by atoms with E-state index in [-0.39, 0.29) is 34.6 Å². The summed E-state index contributed by atoms with van der Waals surface area (Å²) in [5.41, 5.74) is -0.0547. The molecule has 1 aromatic carbocycles. The number of aromatic carboxylic acids is 1. The molecule has 5 nitrogen and oxygen atoms in total. The molecule has 1 aromatic rings. The number of halogens is 2. The molecular formula is C13H14ClFN2O3. The second kappa shape index (κ2) is 6.19. The first-order valence-corrected chi connectivity index (χ1v) is 6.59. The Labute approximate surface area is 120 Å². The molecule has 0 aliphatic carbocycles. The van der Waals surface area contributed by atoms with E-state index >= 15 is 0 Å². The summed E-state index contributed by atoms with van der Waals surface area (Å²) in [6, 6.07) is 1.95. The second-order valence-corrected chi connectivity index (χ2v) is 5.01. The van der Waals surface area contributed by atoms with Gasteiger partial charge in [-0.3, -0.25) is 4.79 Å². The van der Waals surface area contributed by atoms with Gasteiger partial charge in [0.05, 0.1) is 16.6 Å². The summed E-state index contributed by atoms with van der Waals surface area (Å²) in [7, 11) is 0. The Kier molecular flexibility index (Phi) is 4.57. The summed E-state index contributed by atoms with van der Waals surface area (Å²) in [4.78, 5) is 22.7. The fourth-order valence-corrected chi connectivity index (χ4v) is 2.35. The maximum absolute atomic E-state index is 13.8. The van der Waals surface area contributed by atoms with Gasteiger partial charge in [0.25, 0.3) is 0 Å². The first-order chi connectivity index (χ1) is 9.49. The van der Waals surface area contributed by atoms with Crippen molar-refractivity contribution in [3.8, 4) is 0 Å². The summed E-state index contributed by atoms with van der Waals surface area (Å²) in [5, 5.41) is 14.2. The molecule has 1 amide bonds. The van der Waals surface area contributed by atoms with Crippen molar-refractivity contribution in [2.24, 2.45) is 0 Å². The molecule has 1 aliphatic rings. The zero-order chi connectivity index (χ0) is 14.7. The van der Waals surface area contributed by atoms with Crippen LogP contribution in [0.4, 0.5) is 4.39 Å². The standard InChI is InChI=1S/C13H14ClFN2O3/c14-9-5-7(13(19)20)4-8(11(9)15)6-17-12(18)10-2-1-3-16-10/h4-5,10,16H,1-3,6H2,(H,17,18)(H,19,20)/t10-/m0/s1. The largest absolute Gasteiger partial charge is 0.478 e. The van der Waals surface area contributed by atoms with E-state index in [2.05, 4.69) is 10.6 Å². The van der Waals surface area contributed by atoms with Crippen LogP contribution in [0.3, 0.4) is 0 Å². The lowest BCUT2D eigenvalue weighted by molar-refractivity contribution is -0.122. The van der Waals surface area contributed by atoms with Crippen molar-refractivity contribution in [1.29, 1.82) is 0 Å². The van der Waals surface area contributed by atoms with Gasteiger partial charge < -0.3 is 15.7 Å². The maximum atomic E-state index is 13.8. The van der Waals surface area contributed by atoms with Crippen LogP contribution in [0.15, 0.2) is 12.1 Å². The summed E-state index contributed by atoms with van der Waals surface area (Å²) in [6.07, 6.45) is 1.66. The quantitative estimate of drug-likeness (QED) is 0.788. The first-order valence-electron chi connectivity index (χ1n) is 6.21. The summed E-state index contributed by atoms with van der Waals surface area (Å²) >= 11 is 5.64. The zero-order valence-corrected chi connectivity index (χ0v) is 11.3. The molecule has 1 aliphatic heterocycles. The van der Waals surface area contributed by atoms with Crippen LogP contribution < -0.4 is 10.6 Å². The lowest BCUT2D eigenvalue weighted by Crippen LogP contribution is -2.40. The Bertz CT molecular complexity index is 545. The fraction of sp³-hybridized carbons (Fsp3) is 0.385. The summed E-state index contributed by atoms with van der Waals surface area (Å²) in [6.45, 7) is 0.691. The highest BCUT2D eigenvalue weighted by Crippen LogP contribution is 2.21. The van der Waals surface area contributed by atoms with Crippen LogP contribution in [-0.4, -0.2) is 29.6 Å². The van der Waals surface area contributed by atoms with Gasteiger partial charge in [-0.15, -0.1) is 0 Å². The van der Waals surface area contributed by atoms with Crippen LogP contribution in [-0.2, 0) is 11.3 Å². The molecule has 1 heterocycles. The minimum absolute atomic E-state index is 0.0567. The Hall–Kier alpha value is -1.66. The molecule has 3 N–H and O–H groups in total. The molecule has 0 bridgehead atoms. The van der Waals surface area contributed by atoms with Gasteiger partial charge in [0.15, 0.2) is 0 Å². The van der Waals surface area contributed by atoms with E-state index < -0.39 is 11.8 Å². The molecule has 0 saturated carbocycles. The molecule has 0 spiro atoms. The van der Waals surface area contributed by atoms with E-state index in [4.69, 9.17) is 16.7 Å². The molecule has 20 heavy (non-hydrogen) atoms. The number of benzene rings is 1. The molecule has 2 rings (SSSR count). The van der Waals surface area contributed by atoms with Gasteiger partial charge in [0.1, 0.15) is 5.82 Å². The van der Waals surface area contributed by atoms with E-state index in [0.29, 0.717) is 0 Å². The fourth-order valence-electron chi connectivity index (χ4n) is 2.11. The Balaban J connectivity index is 2.08. The molecule has 1 fully saturated rings. The molecule has 108 valence electrons. The SMILES string of the molecule is O=C(O)c1cc(Cl)c(F)c(CNC(=O)[C@@H]2CCCN2)c1. The number of rotatable bonds is 4. The van der Waals surface area contributed by atoms with E-state index in [9.17, 15) is 14.0 Å². The molecule has 1 saturated heterocycles. The Morgan fingerprint density at radius 1 is 1.50 bits per heavy atom. The van der Waals surface area contributed by atoms with Crippen LogP contribution in [0.5, 0.6) is 0 Å². The van der Waals surface area contributed by atoms with E-state index in [1.54, 1.807) is 0 Å². The predicted octanol–water partition coefficient (Wildman–Crippen LogP) is 1.55. The summed E-state index contributed by atoms with van der Waals surface area (Å²) < 4.78 is 13.8. The van der Waals surface area contributed by atoms with Crippen LogP contribution in [0.25, 0.3) is 0 Å². The Morgan fingerprint density at radius 3 is 2.85 bits per heavy atom. The zero-order valence-electron chi connectivity index (χ0n) is 10.6. The highest BCUT2D eigenvalue weighted by molar-refractivity contribution is 6.31.